The Morgan fingerprint density at radius 3 is 2.67 bits per heavy atom. The summed E-state index contributed by atoms with van der Waals surface area (Å²) in [6, 6.07) is 13.2. The zero-order chi connectivity index (χ0) is 12.5. The summed E-state index contributed by atoms with van der Waals surface area (Å²) in [4.78, 5) is 11.6. The maximum Gasteiger partial charge on any atom is 0.398 e. The predicted octanol–water partition coefficient (Wildman–Crippen LogP) is 4.14. The van der Waals surface area contributed by atoms with Crippen LogP contribution in [0.4, 0.5) is 0 Å². The highest BCUT2D eigenvalue weighted by Crippen LogP contribution is 2.30. The van der Waals surface area contributed by atoms with Crippen LogP contribution in [-0.4, -0.2) is 11.1 Å². The number of benzene rings is 1. The topological polar surface area (TPSA) is 50.4 Å². The minimum atomic E-state index is -0.921. The lowest BCUT2D eigenvalue weighted by Gasteiger charge is -1.92. The van der Waals surface area contributed by atoms with Gasteiger partial charge in [0.05, 0.1) is 5.39 Å². The maximum absolute atomic E-state index is 10.9. The van der Waals surface area contributed by atoms with Crippen molar-refractivity contribution in [3.8, 4) is 11.3 Å². The first-order chi connectivity index (χ1) is 8.74. The molecule has 0 aliphatic heterocycles. The molecule has 0 saturated carbocycles. The molecular weight excluding hydrogens is 248 g/mol. The van der Waals surface area contributed by atoms with Crippen molar-refractivity contribution < 1.29 is 14.3 Å². The number of carboxylic acids is 1. The lowest BCUT2D eigenvalue weighted by molar-refractivity contribution is 0.0697. The highest BCUT2D eigenvalue weighted by atomic mass is 32.1. The van der Waals surface area contributed by atoms with Crippen LogP contribution in [0.2, 0.25) is 0 Å². The monoisotopic (exact) mass is 257 g/mol. The first-order valence-corrected chi connectivity index (χ1v) is 6.26. The molecule has 0 aliphatic carbocycles. The van der Waals surface area contributed by atoms with Crippen molar-refractivity contribution in [1.82, 2.24) is 0 Å². The molecule has 0 amide bonds. The van der Waals surface area contributed by atoms with Crippen LogP contribution < -0.4 is 0 Å². The number of fused-ring (bicyclic) bond motifs is 1. The Morgan fingerprint density at radius 1 is 1.17 bits per heavy atom. The second kappa shape index (κ2) is 4.23. The summed E-state index contributed by atoms with van der Waals surface area (Å²) < 4.78 is 5.71. The van der Waals surface area contributed by atoms with Crippen molar-refractivity contribution in [1.29, 1.82) is 0 Å². The van der Waals surface area contributed by atoms with Gasteiger partial charge in [0, 0.05) is 5.56 Å². The summed E-state index contributed by atoms with van der Waals surface area (Å²) in [5.41, 5.74) is 1.27. The van der Waals surface area contributed by atoms with Gasteiger partial charge in [0.15, 0.2) is 0 Å². The van der Waals surface area contributed by atoms with Crippen molar-refractivity contribution >= 4 is 27.6 Å². The van der Waals surface area contributed by atoms with Crippen molar-refractivity contribution in [2.24, 2.45) is 0 Å². The van der Waals surface area contributed by atoms with Crippen LogP contribution in [0.5, 0.6) is 0 Å². The fourth-order valence-electron chi connectivity index (χ4n) is 1.76. The molecule has 0 bridgehead atoms. The van der Waals surface area contributed by atoms with Gasteiger partial charge in [-0.3, -0.25) is 0 Å². The van der Waals surface area contributed by atoms with Gasteiger partial charge in [0.2, 0.25) is 5.38 Å². The number of hydrogen-bond donors (Lipinski definition) is 1. The summed E-state index contributed by atoms with van der Waals surface area (Å²) in [5.74, 6) is -0.167. The van der Waals surface area contributed by atoms with Crippen molar-refractivity contribution in [2.75, 3.05) is 0 Å². The van der Waals surface area contributed by atoms with Crippen LogP contribution in [0, 0.1) is 0 Å². The molecule has 0 fully saturated rings. The number of carbonyl (C=O) groups is 1. The molecule has 2 heterocycles. The van der Waals surface area contributed by atoms with Crippen molar-refractivity contribution in [3.05, 3.63) is 53.4 Å². The third kappa shape index (κ3) is 1.87. The van der Waals surface area contributed by atoms with Gasteiger partial charge in [-0.2, -0.15) is 0 Å². The fourth-order valence-corrected chi connectivity index (χ4v) is 2.55. The van der Waals surface area contributed by atoms with E-state index >= 15 is 0 Å². The summed E-state index contributed by atoms with van der Waals surface area (Å²) in [5, 5.41) is 11.3. The summed E-state index contributed by atoms with van der Waals surface area (Å²) in [6.07, 6.45) is 0. The SMILES string of the molecule is O=C(O)c1c[s+]c2oc(-c3ccccc3)cc2c1. The Morgan fingerprint density at radius 2 is 1.94 bits per heavy atom. The Hall–Kier alpha value is -2.20. The molecule has 0 spiro atoms. The number of aromatic carboxylic acids is 1. The van der Waals surface area contributed by atoms with Gasteiger partial charge in [-0.25, -0.2) is 4.79 Å². The number of carboxylic acid groups (broad SMARTS) is 1. The van der Waals surface area contributed by atoms with E-state index in [1.165, 1.54) is 11.3 Å². The second-order valence-corrected chi connectivity index (χ2v) is 4.70. The van der Waals surface area contributed by atoms with Crippen LogP contribution in [0.15, 0.2) is 52.3 Å². The molecule has 3 rings (SSSR count). The van der Waals surface area contributed by atoms with E-state index in [0.717, 1.165) is 21.6 Å². The lowest BCUT2D eigenvalue weighted by atomic mass is 10.1. The van der Waals surface area contributed by atoms with E-state index < -0.39 is 5.97 Å². The highest BCUT2D eigenvalue weighted by molar-refractivity contribution is 7.16. The Kier molecular flexibility index (Phi) is 2.57. The van der Waals surface area contributed by atoms with Gasteiger partial charge in [0.1, 0.15) is 11.3 Å². The zero-order valence-electron chi connectivity index (χ0n) is 9.29. The predicted molar refractivity (Wildman–Crippen MR) is 70.9 cm³/mol. The molecule has 0 unspecified atom stereocenters. The normalized spacial score (nSPS) is 10.7. The molecule has 3 nitrogen and oxygen atoms in total. The minimum absolute atomic E-state index is 0.285. The summed E-state index contributed by atoms with van der Waals surface area (Å²) in [7, 11) is 0. The van der Waals surface area contributed by atoms with E-state index in [0.29, 0.717) is 0 Å². The summed E-state index contributed by atoms with van der Waals surface area (Å²) in [6.45, 7) is 0. The largest absolute Gasteiger partial charge is 0.478 e. The summed E-state index contributed by atoms with van der Waals surface area (Å²) >= 11 is 1.30. The van der Waals surface area contributed by atoms with Gasteiger partial charge < -0.3 is 9.52 Å². The third-order valence-corrected chi connectivity index (χ3v) is 3.54. The molecule has 1 N–H and O–H groups in total. The molecule has 0 aliphatic rings. The average Bonchev–Trinajstić information content (AvgIpc) is 2.82. The van der Waals surface area contributed by atoms with Crippen LogP contribution in [0.25, 0.3) is 21.6 Å². The Balaban J connectivity index is 2.14. The molecule has 1 aromatic carbocycles. The Labute approximate surface area is 107 Å². The quantitative estimate of drug-likeness (QED) is 0.702. The standard InChI is InChI=1S/C14H8O3S/c15-13(16)11-6-10-7-12(17-14(10)18-8-11)9-4-2-1-3-5-9/h1-8H/p+1. The van der Waals surface area contributed by atoms with E-state index in [2.05, 4.69) is 0 Å². The molecule has 0 atom stereocenters. The second-order valence-electron chi connectivity index (χ2n) is 3.86. The van der Waals surface area contributed by atoms with Crippen LogP contribution in [-0.2, 0) is 0 Å². The van der Waals surface area contributed by atoms with E-state index in [-0.39, 0.29) is 5.56 Å². The zero-order valence-corrected chi connectivity index (χ0v) is 10.1. The van der Waals surface area contributed by atoms with E-state index in [1.807, 2.05) is 36.4 Å². The minimum Gasteiger partial charge on any atom is -0.478 e. The number of furan rings is 1. The third-order valence-electron chi connectivity index (χ3n) is 2.63. The van der Waals surface area contributed by atoms with Crippen LogP contribution in [0.3, 0.4) is 0 Å². The molecule has 4 heteroatoms. The van der Waals surface area contributed by atoms with Gasteiger partial charge in [-0.05, 0) is 12.1 Å². The van der Waals surface area contributed by atoms with Crippen molar-refractivity contribution in [3.63, 3.8) is 0 Å². The molecule has 0 saturated heterocycles. The van der Waals surface area contributed by atoms with Crippen molar-refractivity contribution in [2.45, 2.75) is 0 Å². The average molecular weight is 257 g/mol. The highest BCUT2D eigenvalue weighted by Gasteiger charge is 2.17. The molecule has 0 radical (unpaired) electrons. The first-order valence-electron chi connectivity index (χ1n) is 5.38. The smallest absolute Gasteiger partial charge is 0.398 e. The van der Waals surface area contributed by atoms with Gasteiger partial charge in [-0.1, -0.05) is 30.3 Å². The first kappa shape index (κ1) is 10.9. The molecule has 3 aromatic rings. The number of rotatable bonds is 2. The number of hydrogen-bond acceptors (Lipinski definition) is 2. The maximum atomic E-state index is 10.9. The van der Waals surface area contributed by atoms with Gasteiger partial charge in [0.25, 0.3) is 11.3 Å². The van der Waals surface area contributed by atoms with E-state index in [1.54, 1.807) is 11.4 Å². The Bertz CT molecular complexity index is 716. The van der Waals surface area contributed by atoms with E-state index in [9.17, 15) is 4.79 Å². The molecular formula is C14H9O3S+. The lowest BCUT2D eigenvalue weighted by Crippen LogP contribution is -1.93. The molecule has 2 aromatic heterocycles. The fraction of sp³-hybridized carbons (Fsp3) is 0. The van der Waals surface area contributed by atoms with Gasteiger partial charge in [-0.15, -0.1) is 0 Å². The molecule has 88 valence electrons. The van der Waals surface area contributed by atoms with Crippen LogP contribution in [0.1, 0.15) is 10.4 Å². The van der Waals surface area contributed by atoms with Gasteiger partial charge >= 0.3 is 10.9 Å². The van der Waals surface area contributed by atoms with E-state index in [4.69, 9.17) is 9.52 Å². The van der Waals surface area contributed by atoms with Crippen LogP contribution >= 0.6 is 11.3 Å². The molecule has 18 heavy (non-hydrogen) atoms.